The first-order valence-electron chi connectivity index (χ1n) is 2.40. The Labute approximate surface area is 57.7 Å². The van der Waals surface area contributed by atoms with Crippen molar-refractivity contribution in [3.8, 4) is 0 Å². The summed E-state index contributed by atoms with van der Waals surface area (Å²) in [6.45, 7) is 0. The molecule has 0 saturated heterocycles. The zero-order valence-electron chi connectivity index (χ0n) is 5.06. The van der Waals surface area contributed by atoms with Crippen molar-refractivity contribution >= 4 is 7.69 Å². The Hall–Kier alpha value is -1.14. The summed E-state index contributed by atoms with van der Waals surface area (Å²) in [5.74, 6) is 0. The Morgan fingerprint density at radius 2 is 2.20 bits per heavy atom. The summed E-state index contributed by atoms with van der Waals surface area (Å²) in [6.07, 6.45) is 4.23. The van der Waals surface area contributed by atoms with Crippen molar-refractivity contribution in [1.82, 2.24) is 9.97 Å². The Morgan fingerprint density at radius 3 is 2.40 bits per heavy atom. The summed E-state index contributed by atoms with van der Waals surface area (Å²) in [5.41, 5.74) is -0.164. The monoisotopic (exact) mass is 141 g/mol. The minimum Gasteiger partial charge on any atom is -0.429 e. The molecule has 1 aromatic heterocycles. The molecule has 0 spiro atoms. The molecule has 3 N–H and O–H groups in total. The van der Waals surface area contributed by atoms with E-state index in [0.29, 0.717) is 0 Å². The smallest absolute Gasteiger partial charge is 0.429 e. The van der Waals surface area contributed by atoms with Crippen molar-refractivity contribution in [2.24, 2.45) is 0 Å². The maximum atomic E-state index is 10.2. The predicted octanol–water partition coefficient (Wildman–Crippen LogP) is -1.72. The molecule has 0 bridgehead atoms. The van der Waals surface area contributed by atoms with E-state index in [9.17, 15) is 4.79 Å². The highest BCUT2D eigenvalue weighted by Crippen LogP contribution is 1.57. The first-order chi connectivity index (χ1) is 4.81. The summed E-state index contributed by atoms with van der Waals surface area (Å²) in [6, 6.07) is 0. The van der Waals surface area contributed by atoms with Crippen LogP contribution in [0.4, 0.5) is 0 Å². The molecule has 1 aromatic rings. The van der Waals surface area contributed by atoms with Crippen molar-refractivity contribution in [2.45, 2.75) is 0 Å². The lowest BCUT2D eigenvalue weighted by Gasteiger charge is -1.73. The van der Waals surface area contributed by atoms with Crippen LogP contribution in [0.25, 0.3) is 0 Å². The molecule has 53 valence electrons. The molecule has 0 aromatic carbocycles. The van der Waals surface area contributed by atoms with Gasteiger partial charge < -0.3 is 15.0 Å². The number of hydrogen-bond donors (Lipinski definition) is 3. The lowest BCUT2D eigenvalue weighted by molar-refractivity contribution is 0.448. The minimum absolute atomic E-state index is 0. The quantitative estimate of drug-likeness (QED) is 0.375. The van der Waals surface area contributed by atoms with Crippen LogP contribution in [0.1, 0.15) is 0 Å². The zero-order chi connectivity index (χ0) is 7.82. The lowest BCUT2D eigenvalue weighted by Crippen LogP contribution is -2.01. The van der Waals surface area contributed by atoms with Gasteiger partial charge in [0.2, 0.25) is 0 Å². The summed E-state index contributed by atoms with van der Waals surface area (Å²) in [4.78, 5) is 16.1. The van der Waals surface area contributed by atoms with Crippen molar-refractivity contribution in [3.05, 3.63) is 28.9 Å². The number of H-pyrrole nitrogens is 1. The van der Waals surface area contributed by atoms with E-state index in [1.807, 2.05) is 0 Å². The van der Waals surface area contributed by atoms with Crippen LogP contribution < -0.4 is 5.56 Å². The van der Waals surface area contributed by atoms with Crippen molar-refractivity contribution < 1.29 is 10.0 Å². The molecule has 0 unspecified atom stereocenters. The zero-order valence-corrected chi connectivity index (χ0v) is 5.06. The fourth-order valence-corrected chi connectivity index (χ4v) is 0.310. The SMILES string of the molecule is O=c1cncc[nH]1.O[B]O. The Bertz CT molecular complexity index is 196. The van der Waals surface area contributed by atoms with E-state index in [1.54, 1.807) is 0 Å². The van der Waals surface area contributed by atoms with Gasteiger partial charge in [-0.2, -0.15) is 0 Å². The average molecular weight is 141 g/mol. The first kappa shape index (κ1) is 8.86. The van der Waals surface area contributed by atoms with Gasteiger partial charge in [-0.1, -0.05) is 0 Å². The van der Waals surface area contributed by atoms with Gasteiger partial charge in [0.25, 0.3) is 5.56 Å². The van der Waals surface area contributed by atoms with Gasteiger partial charge >= 0.3 is 7.69 Å². The van der Waals surface area contributed by atoms with Gasteiger partial charge in [-0.15, -0.1) is 0 Å². The second-order valence-corrected chi connectivity index (χ2v) is 1.22. The normalized spacial score (nSPS) is 7.40. The van der Waals surface area contributed by atoms with Crippen LogP contribution in [-0.4, -0.2) is 27.7 Å². The van der Waals surface area contributed by atoms with Crippen LogP contribution in [0.3, 0.4) is 0 Å². The average Bonchev–Trinajstić information content (AvgIpc) is 1.91. The molecule has 0 aliphatic rings. The molecule has 0 atom stereocenters. The minimum atomic E-state index is -0.164. The van der Waals surface area contributed by atoms with E-state index in [1.165, 1.54) is 18.6 Å². The number of aromatic nitrogens is 2. The third-order valence-electron chi connectivity index (χ3n) is 0.578. The van der Waals surface area contributed by atoms with Crippen LogP contribution >= 0.6 is 0 Å². The number of nitrogens with one attached hydrogen (secondary N) is 1. The van der Waals surface area contributed by atoms with Crippen molar-refractivity contribution in [1.29, 1.82) is 0 Å². The van der Waals surface area contributed by atoms with Crippen molar-refractivity contribution in [2.75, 3.05) is 0 Å². The standard InChI is InChI=1S/C4H4N2O.BH2O2/c7-4-3-5-1-2-6-4;2-1-3/h1-3H,(H,6,7);2-3H. The molecular formula is C4H6BN2O3. The Morgan fingerprint density at radius 1 is 1.60 bits per heavy atom. The maximum Gasteiger partial charge on any atom is 0.482 e. The molecule has 5 nitrogen and oxygen atoms in total. The molecule has 10 heavy (non-hydrogen) atoms. The van der Waals surface area contributed by atoms with Gasteiger partial charge in [-0.3, -0.25) is 9.78 Å². The highest BCUT2D eigenvalue weighted by Gasteiger charge is 1.70. The third-order valence-corrected chi connectivity index (χ3v) is 0.578. The summed E-state index contributed by atoms with van der Waals surface area (Å²) in [7, 11) is 0. The van der Waals surface area contributed by atoms with Crippen LogP contribution in [-0.2, 0) is 0 Å². The van der Waals surface area contributed by atoms with Gasteiger partial charge in [0.05, 0.1) is 6.20 Å². The van der Waals surface area contributed by atoms with E-state index >= 15 is 0 Å². The highest BCUT2D eigenvalue weighted by atomic mass is 16.4. The molecule has 1 rings (SSSR count). The number of nitrogens with zero attached hydrogens (tertiary/aromatic N) is 1. The molecule has 0 saturated carbocycles. The Balaban J connectivity index is 0.000000236. The van der Waals surface area contributed by atoms with E-state index in [-0.39, 0.29) is 13.2 Å². The van der Waals surface area contributed by atoms with Gasteiger partial charge in [-0.25, -0.2) is 0 Å². The molecule has 0 aliphatic carbocycles. The topological polar surface area (TPSA) is 86.2 Å². The predicted molar refractivity (Wildman–Crippen MR) is 35.0 cm³/mol. The van der Waals surface area contributed by atoms with Gasteiger partial charge in [0.15, 0.2) is 0 Å². The first-order valence-corrected chi connectivity index (χ1v) is 2.40. The van der Waals surface area contributed by atoms with Crippen molar-refractivity contribution in [3.63, 3.8) is 0 Å². The fourth-order valence-electron chi connectivity index (χ4n) is 0.310. The fraction of sp³-hybridized carbons (Fsp3) is 0. The lowest BCUT2D eigenvalue weighted by atomic mass is 10.5. The van der Waals surface area contributed by atoms with Gasteiger partial charge in [-0.05, 0) is 0 Å². The highest BCUT2D eigenvalue weighted by molar-refractivity contribution is 6.13. The Kier molecular flexibility index (Phi) is 5.31. The number of rotatable bonds is 0. The molecule has 0 fully saturated rings. The van der Waals surface area contributed by atoms with Crippen LogP contribution in [0.2, 0.25) is 0 Å². The van der Waals surface area contributed by atoms with Crippen LogP contribution in [0.15, 0.2) is 23.4 Å². The van der Waals surface area contributed by atoms with E-state index in [2.05, 4.69) is 9.97 Å². The molecule has 6 heteroatoms. The molecule has 0 amide bonds. The van der Waals surface area contributed by atoms with Gasteiger partial charge in [0, 0.05) is 12.4 Å². The maximum absolute atomic E-state index is 10.2. The third kappa shape index (κ3) is 5.01. The second kappa shape index (κ2) is 5.99. The molecule has 0 aliphatic heterocycles. The number of aromatic amines is 1. The summed E-state index contributed by atoms with van der Waals surface area (Å²) < 4.78 is 0. The van der Waals surface area contributed by atoms with Crippen LogP contribution in [0.5, 0.6) is 0 Å². The molecule has 1 heterocycles. The summed E-state index contributed by atoms with van der Waals surface area (Å²) >= 11 is 0. The molecule has 1 radical (unpaired) electrons. The van der Waals surface area contributed by atoms with Crippen LogP contribution in [0, 0.1) is 0 Å². The second-order valence-electron chi connectivity index (χ2n) is 1.22. The molecular weight excluding hydrogens is 135 g/mol. The largest absolute Gasteiger partial charge is 0.482 e. The summed E-state index contributed by atoms with van der Waals surface area (Å²) in [5, 5.41) is 14.0. The van der Waals surface area contributed by atoms with E-state index < -0.39 is 0 Å². The van der Waals surface area contributed by atoms with Gasteiger partial charge in [0.1, 0.15) is 0 Å². The van der Waals surface area contributed by atoms with E-state index in [4.69, 9.17) is 10.0 Å². The number of hydrogen-bond acceptors (Lipinski definition) is 4. The van der Waals surface area contributed by atoms with E-state index in [0.717, 1.165) is 0 Å².